The molecule has 1 aromatic carbocycles. The number of carbonyl (C=O) groups is 2. The lowest BCUT2D eigenvalue weighted by atomic mass is 9.98. The zero-order valence-corrected chi connectivity index (χ0v) is 17.0. The van der Waals surface area contributed by atoms with Gasteiger partial charge in [0.1, 0.15) is 11.5 Å². The van der Waals surface area contributed by atoms with Crippen LogP contribution in [-0.4, -0.2) is 51.4 Å². The van der Waals surface area contributed by atoms with Crippen LogP contribution in [0.1, 0.15) is 46.3 Å². The van der Waals surface area contributed by atoms with E-state index in [1.807, 2.05) is 30.3 Å². The van der Waals surface area contributed by atoms with E-state index in [1.54, 1.807) is 11.1 Å². The summed E-state index contributed by atoms with van der Waals surface area (Å²) < 4.78 is 5.97. The summed E-state index contributed by atoms with van der Waals surface area (Å²) >= 11 is 0. The van der Waals surface area contributed by atoms with Crippen LogP contribution < -0.4 is 5.32 Å². The highest BCUT2D eigenvalue weighted by Crippen LogP contribution is 2.27. The van der Waals surface area contributed by atoms with Gasteiger partial charge in [-0.25, -0.2) is 4.98 Å². The van der Waals surface area contributed by atoms with E-state index in [0.29, 0.717) is 25.4 Å². The van der Waals surface area contributed by atoms with Gasteiger partial charge in [-0.05, 0) is 24.5 Å². The number of amides is 2. The SMILES string of the molecule is O=C(NCC(=O)N1CCCC(c2ncc(Cc3ccccc3)o2)C1)c1cncc(O)c1. The number of nitrogens with one attached hydrogen (secondary N) is 1. The van der Waals surface area contributed by atoms with Crippen molar-refractivity contribution in [3.8, 4) is 5.75 Å². The van der Waals surface area contributed by atoms with Crippen LogP contribution in [0.15, 0.2) is 59.4 Å². The van der Waals surface area contributed by atoms with Crippen LogP contribution in [0, 0.1) is 0 Å². The molecule has 0 radical (unpaired) electrons. The van der Waals surface area contributed by atoms with Crippen LogP contribution in [0.5, 0.6) is 5.75 Å². The van der Waals surface area contributed by atoms with E-state index in [1.165, 1.54) is 18.5 Å². The zero-order chi connectivity index (χ0) is 21.6. The highest BCUT2D eigenvalue weighted by molar-refractivity contribution is 5.96. The number of hydrogen-bond donors (Lipinski definition) is 2. The zero-order valence-electron chi connectivity index (χ0n) is 17.0. The van der Waals surface area contributed by atoms with Crippen LogP contribution in [0.4, 0.5) is 0 Å². The van der Waals surface area contributed by atoms with Crippen LogP contribution in [0.2, 0.25) is 0 Å². The number of rotatable bonds is 6. The number of hydrogen-bond acceptors (Lipinski definition) is 6. The summed E-state index contributed by atoms with van der Waals surface area (Å²) in [7, 11) is 0. The van der Waals surface area contributed by atoms with Gasteiger partial charge in [-0.2, -0.15) is 0 Å². The Morgan fingerprint density at radius 2 is 2.03 bits per heavy atom. The predicted molar refractivity (Wildman–Crippen MR) is 113 cm³/mol. The lowest BCUT2D eigenvalue weighted by molar-refractivity contribution is -0.131. The number of benzene rings is 1. The van der Waals surface area contributed by atoms with Gasteiger partial charge in [0.2, 0.25) is 5.91 Å². The summed E-state index contributed by atoms with van der Waals surface area (Å²) in [5, 5.41) is 12.0. The van der Waals surface area contributed by atoms with Gasteiger partial charge in [0, 0.05) is 25.7 Å². The molecule has 1 aliphatic rings. The van der Waals surface area contributed by atoms with Gasteiger partial charge in [0.15, 0.2) is 5.89 Å². The number of aromatic hydroxyl groups is 1. The molecule has 0 aliphatic carbocycles. The van der Waals surface area contributed by atoms with Gasteiger partial charge in [-0.15, -0.1) is 0 Å². The van der Waals surface area contributed by atoms with Crippen LogP contribution >= 0.6 is 0 Å². The van der Waals surface area contributed by atoms with Crippen molar-refractivity contribution in [2.45, 2.75) is 25.2 Å². The van der Waals surface area contributed by atoms with Crippen molar-refractivity contribution in [2.24, 2.45) is 0 Å². The number of pyridine rings is 1. The Bertz CT molecular complexity index is 1050. The lowest BCUT2D eigenvalue weighted by Crippen LogP contribution is -2.44. The first-order chi connectivity index (χ1) is 15.1. The molecule has 4 rings (SSSR count). The van der Waals surface area contributed by atoms with E-state index in [9.17, 15) is 14.7 Å². The van der Waals surface area contributed by atoms with Gasteiger partial charge in [-0.1, -0.05) is 30.3 Å². The summed E-state index contributed by atoms with van der Waals surface area (Å²) in [6, 6.07) is 11.4. The maximum Gasteiger partial charge on any atom is 0.253 e. The third-order valence-electron chi connectivity index (χ3n) is 5.30. The lowest BCUT2D eigenvalue weighted by Gasteiger charge is -2.31. The molecule has 3 aromatic rings. The van der Waals surface area contributed by atoms with Crippen LogP contribution in [0.3, 0.4) is 0 Å². The minimum atomic E-state index is -0.455. The normalized spacial score (nSPS) is 16.1. The van der Waals surface area contributed by atoms with E-state index in [0.717, 1.165) is 24.2 Å². The largest absolute Gasteiger partial charge is 0.506 e. The molecule has 1 unspecified atom stereocenters. The molecule has 2 amide bonds. The molecule has 160 valence electrons. The van der Waals surface area contributed by atoms with Gasteiger partial charge in [0.25, 0.3) is 5.91 Å². The van der Waals surface area contributed by atoms with E-state index in [4.69, 9.17) is 4.42 Å². The highest BCUT2D eigenvalue weighted by atomic mass is 16.4. The minimum Gasteiger partial charge on any atom is -0.506 e. The molecule has 3 heterocycles. The predicted octanol–water partition coefficient (Wildman–Crippen LogP) is 2.50. The van der Waals surface area contributed by atoms with Gasteiger partial charge in [-0.3, -0.25) is 14.6 Å². The molecule has 0 spiro atoms. The van der Waals surface area contributed by atoms with Crippen molar-refractivity contribution in [3.63, 3.8) is 0 Å². The van der Waals surface area contributed by atoms with E-state index < -0.39 is 5.91 Å². The van der Waals surface area contributed by atoms with Gasteiger partial charge < -0.3 is 19.7 Å². The molecular formula is C23H24N4O4. The first-order valence-corrected chi connectivity index (χ1v) is 10.3. The molecule has 1 fully saturated rings. The second-order valence-electron chi connectivity index (χ2n) is 7.62. The average molecular weight is 420 g/mol. The Kier molecular flexibility index (Phi) is 6.26. The monoisotopic (exact) mass is 420 g/mol. The van der Waals surface area contributed by atoms with E-state index in [-0.39, 0.29) is 29.7 Å². The third kappa shape index (κ3) is 5.28. The molecule has 31 heavy (non-hydrogen) atoms. The molecule has 1 saturated heterocycles. The molecule has 8 nitrogen and oxygen atoms in total. The number of nitrogens with zero attached hydrogens (tertiary/aromatic N) is 3. The average Bonchev–Trinajstić information content (AvgIpc) is 3.26. The highest BCUT2D eigenvalue weighted by Gasteiger charge is 2.28. The Balaban J connectivity index is 1.32. The Labute approximate surface area is 179 Å². The molecule has 0 bridgehead atoms. The van der Waals surface area contributed by atoms with E-state index in [2.05, 4.69) is 15.3 Å². The number of carbonyl (C=O) groups excluding carboxylic acids is 2. The summed E-state index contributed by atoms with van der Waals surface area (Å²) in [5.41, 5.74) is 1.36. The fourth-order valence-electron chi connectivity index (χ4n) is 3.72. The molecule has 1 atom stereocenters. The summed E-state index contributed by atoms with van der Waals surface area (Å²) in [6.07, 6.45) is 6.76. The minimum absolute atomic E-state index is 0.0354. The second-order valence-corrected chi connectivity index (χ2v) is 7.62. The quantitative estimate of drug-likeness (QED) is 0.634. The standard InChI is InChI=1S/C23H24N4O4/c28-19-10-18(11-24-12-19)22(30)25-14-21(29)27-8-4-7-17(15-27)23-26-13-20(31-23)9-16-5-2-1-3-6-16/h1-3,5-6,10-13,17,28H,4,7-9,14-15H2,(H,25,30). The van der Waals surface area contributed by atoms with Crippen molar-refractivity contribution >= 4 is 11.8 Å². The molecule has 1 aliphatic heterocycles. The van der Waals surface area contributed by atoms with Crippen molar-refractivity contribution in [2.75, 3.05) is 19.6 Å². The number of likely N-dealkylation sites (tertiary alicyclic amines) is 1. The van der Waals surface area contributed by atoms with Gasteiger partial charge in [0.05, 0.1) is 30.4 Å². The first kappa shape index (κ1) is 20.6. The topological polar surface area (TPSA) is 109 Å². The van der Waals surface area contributed by atoms with Crippen molar-refractivity contribution in [1.82, 2.24) is 20.2 Å². The van der Waals surface area contributed by atoms with Gasteiger partial charge >= 0.3 is 0 Å². The Morgan fingerprint density at radius 1 is 1.19 bits per heavy atom. The molecular weight excluding hydrogens is 396 g/mol. The number of piperidine rings is 1. The fraction of sp³-hybridized carbons (Fsp3) is 0.304. The maximum absolute atomic E-state index is 12.6. The third-order valence-corrected chi connectivity index (χ3v) is 5.30. The molecule has 8 heteroatoms. The summed E-state index contributed by atoms with van der Waals surface area (Å²) in [5.74, 6) is 0.768. The Morgan fingerprint density at radius 3 is 2.84 bits per heavy atom. The summed E-state index contributed by atoms with van der Waals surface area (Å²) in [4.78, 5) is 34.7. The molecule has 2 aromatic heterocycles. The van der Waals surface area contributed by atoms with Crippen LogP contribution in [-0.2, 0) is 11.2 Å². The first-order valence-electron chi connectivity index (χ1n) is 10.3. The van der Waals surface area contributed by atoms with Crippen molar-refractivity contribution in [1.29, 1.82) is 0 Å². The summed E-state index contributed by atoms with van der Waals surface area (Å²) in [6.45, 7) is 1.02. The number of aromatic nitrogens is 2. The van der Waals surface area contributed by atoms with Crippen LogP contribution in [0.25, 0.3) is 0 Å². The van der Waals surface area contributed by atoms with E-state index >= 15 is 0 Å². The fourth-order valence-corrected chi connectivity index (χ4v) is 3.72. The molecule has 2 N–H and O–H groups in total. The van der Waals surface area contributed by atoms with Crippen molar-refractivity contribution in [3.05, 3.63) is 77.8 Å². The smallest absolute Gasteiger partial charge is 0.253 e. The Hall–Kier alpha value is -3.68. The van der Waals surface area contributed by atoms with Crippen molar-refractivity contribution < 1.29 is 19.1 Å². The maximum atomic E-state index is 12.6. The molecule has 0 saturated carbocycles. The second kappa shape index (κ2) is 9.42. The number of oxazole rings is 1.